The Morgan fingerprint density at radius 1 is 1.39 bits per heavy atom. The molecule has 0 unspecified atom stereocenters. The van der Waals surface area contributed by atoms with Crippen molar-refractivity contribution in [2.45, 2.75) is 24.1 Å². The van der Waals surface area contributed by atoms with Crippen LogP contribution in [0.15, 0.2) is 24.3 Å². The van der Waals surface area contributed by atoms with Gasteiger partial charge in [-0.1, -0.05) is 29.8 Å². The lowest BCUT2D eigenvalue weighted by molar-refractivity contribution is 0.209. The average Bonchev–Trinajstić information content (AvgIpc) is 2.43. The monoisotopic (exact) mass is 280 g/mol. The van der Waals surface area contributed by atoms with Gasteiger partial charge in [-0.2, -0.15) is 5.26 Å². The molecule has 96 valence electrons. The lowest BCUT2D eigenvalue weighted by atomic mass is 9.97. The molecule has 4 heteroatoms. The predicted molar refractivity (Wildman–Crippen MR) is 77.8 cm³/mol. The van der Waals surface area contributed by atoms with Gasteiger partial charge in [-0.05, 0) is 30.7 Å². The van der Waals surface area contributed by atoms with Crippen molar-refractivity contribution in [2.24, 2.45) is 0 Å². The van der Waals surface area contributed by atoms with E-state index in [1.54, 1.807) is 11.8 Å². The molecule has 1 aromatic rings. The van der Waals surface area contributed by atoms with Gasteiger partial charge in [-0.15, -0.1) is 11.8 Å². The number of thioether (sulfide) groups is 1. The zero-order valence-electron chi connectivity index (χ0n) is 10.5. The molecule has 2 rings (SSSR count). The third kappa shape index (κ3) is 3.00. The Morgan fingerprint density at radius 3 is 2.61 bits per heavy atom. The molecule has 0 amide bonds. The lowest BCUT2D eigenvalue weighted by Crippen LogP contribution is -2.41. The molecule has 0 atom stereocenters. The largest absolute Gasteiger partial charge is 0.299 e. The minimum Gasteiger partial charge on any atom is -0.299 e. The Bertz CT molecular complexity index is 447. The minimum absolute atomic E-state index is 0.170. The van der Waals surface area contributed by atoms with E-state index in [9.17, 15) is 5.26 Å². The number of rotatable bonds is 3. The Labute approximate surface area is 118 Å². The predicted octanol–water partition coefficient (Wildman–Crippen LogP) is 3.56. The van der Waals surface area contributed by atoms with Crippen LogP contribution in [0.5, 0.6) is 0 Å². The Hall–Kier alpha value is -0.690. The molecular formula is C14H17ClN2S. The van der Waals surface area contributed by atoms with E-state index in [1.165, 1.54) is 5.56 Å². The number of benzene rings is 1. The maximum absolute atomic E-state index is 9.25. The van der Waals surface area contributed by atoms with E-state index < -0.39 is 0 Å². The topological polar surface area (TPSA) is 27.0 Å². The number of nitrogens with zero attached hydrogens (tertiary/aromatic N) is 2. The highest BCUT2D eigenvalue weighted by molar-refractivity contribution is 8.00. The number of hydrogen-bond acceptors (Lipinski definition) is 3. The normalized spacial score (nSPS) is 19.4. The fourth-order valence-corrected chi connectivity index (χ4v) is 3.18. The van der Waals surface area contributed by atoms with Crippen molar-refractivity contribution in [3.63, 3.8) is 0 Å². The van der Waals surface area contributed by atoms with Gasteiger partial charge >= 0.3 is 0 Å². The number of hydrogen-bond donors (Lipinski definition) is 0. The Morgan fingerprint density at radius 2 is 2.06 bits per heavy atom. The van der Waals surface area contributed by atoms with Gasteiger partial charge < -0.3 is 0 Å². The van der Waals surface area contributed by atoms with E-state index in [0.717, 1.165) is 37.5 Å². The van der Waals surface area contributed by atoms with Crippen LogP contribution in [-0.2, 0) is 6.54 Å². The van der Waals surface area contributed by atoms with Gasteiger partial charge in [0.15, 0.2) is 0 Å². The molecule has 1 heterocycles. The van der Waals surface area contributed by atoms with E-state index in [1.807, 2.05) is 24.5 Å². The van der Waals surface area contributed by atoms with Gasteiger partial charge in [0.2, 0.25) is 0 Å². The van der Waals surface area contributed by atoms with Gasteiger partial charge in [-0.3, -0.25) is 4.90 Å². The summed E-state index contributed by atoms with van der Waals surface area (Å²) in [5, 5.41) is 10.1. The van der Waals surface area contributed by atoms with Gasteiger partial charge in [0, 0.05) is 24.7 Å². The van der Waals surface area contributed by atoms with E-state index >= 15 is 0 Å². The molecular weight excluding hydrogens is 264 g/mol. The zero-order valence-corrected chi connectivity index (χ0v) is 12.1. The van der Waals surface area contributed by atoms with Crippen molar-refractivity contribution in [1.29, 1.82) is 5.26 Å². The van der Waals surface area contributed by atoms with Gasteiger partial charge in [0.1, 0.15) is 4.75 Å². The van der Waals surface area contributed by atoms with Crippen LogP contribution in [0.1, 0.15) is 18.4 Å². The van der Waals surface area contributed by atoms with E-state index in [2.05, 4.69) is 17.0 Å². The number of piperidine rings is 1. The van der Waals surface area contributed by atoms with Crippen LogP contribution in [0.2, 0.25) is 5.02 Å². The fraction of sp³-hybridized carbons (Fsp3) is 0.500. The summed E-state index contributed by atoms with van der Waals surface area (Å²) in [6.45, 7) is 2.83. The maximum Gasteiger partial charge on any atom is 0.104 e. The molecule has 0 saturated carbocycles. The van der Waals surface area contributed by atoms with Crippen molar-refractivity contribution in [2.75, 3.05) is 19.3 Å². The van der Waals surface area contributed by atoms with Crippen LogP contribution < -0.4 is 0 Å². The summed E-state index contributed by atoms with van der Waals surface area (Å²) < 4.78 is -0.170. The highest BCUT2D eigenvalue weighted by Gasteiger charge is 2.33. The molecule has 1 saturated heterocycles. The first-order chi connectivity index (χ1) is 8.69. The van der Waals surface area contributed by atoms with Crippen LogP contribution >= 0.6 is 23.4 Å². The van der Waals surface area contributed by atoms with Crippen molar-refractivity contribution < 1.29 is 0 Å². The maximum atomic E-state index is 9.25. The molecule has 1 aliphatic heterocycles. The molecule has 0 aromatic heterocycles. The second-order valence-corrected chi connectivity index (χ2v) is 6.27. The molecule has 2 nitrogen and oxygen atoms in total. The zero-order chi connectivity index (χ0) is 13.0. The van der Waals surface area contributed by atoms with Crippen LogP contribution in [0.4, 0.5) is 0 Å². The first-order valence-corrected chi connectivity index (χ1v) is 7.71. The summed E-state index contributed by atoms with van der Waals surface area (Å²) >= 11 is 7.86. The fourth-order valence-electron chi connectivity index (χ4n) is 2.30. The third-order valence-corrected chi connectivity index (χ3v) is 5.26. The number of halogens is 1. The second kappa shape index (κ2) is 5.97. The van der Waals surface area contributed by atoms with E-state index in [-0.39, 0.29) is 4.75 Å². The standard InChI is InChI=1S/C14H17ClN2S/c1-18-14(11-16)6-8-17(9-7-14)10-12-4-2-3-5-13(12)15/h2-5H,6-10H2,1H3. The molecule has 1 aliphatic rings. The molecule has 1 fully saturated rings. The second-order valence-electron chi connectivity index (χ2n) is 4.68. The van der Waals surface area contributed by atoms with Gasteiger partial charge in [0.05, 0.1) is 6.07 Å². The van der Waals surface area contributed by atoms with E-state index in [4.69, 9.17) is 11.6 Å². The molecule has 18 heavy (non-hydrogen) atoms. The summed E-state index contributed by atoms with van der Waals surface area (Å²) in [5.41, 5.74) is 1.17. The Kier molecular flexibility index (Phi) is 4.55. The average molecular weight is 281 g/mol. The summed E-state index contributed by atoms with van der Waals surface area (Å²) in [6, 6.07) is 10.5. The molecule has 0 spiro atoms. The molecule has 0 aliphatic carbocycles. The quantitative estimate of drug-likeness (QED) is 0.847. The first kappa shape index (κ1) is 13.7. The molecule has 1 aromatic carbocycles. The van der Waals surface area contributed by atoms with Crippen LogP contribution in [0.25, 0.3) is 0 Å². The highest BCUT2D eigenvalue weighted by atomic mass is 35.5. The van der Waals surface area contributed by atoms with Crippen molar-refractivity contribution in [1.82, 2.24) is 4.90 Å². The highest BCUT2D eigenvalue weighted by Crippen LogP contribution is 2.34. The number of likely N-dealkylation sites (tertiary alicyclic amines) is 1. The van der Waals surface area contributed by atoms with Crippen molar-refractivity contribution in [3.8, 4) is 6.07 Å². The minimum atomic E-state index is -0.170. The SMILES string of the molecule is CSC1(C#N)CCN(Cc2ccccc2Cl)CC1. The lowest BCUT2D eigenvalue weighted by Gasteiger charge is -2.36. The van der Waals surface area contributed by atoms with Crippen molar-refractivity contribution in [3.05, 3.63) is 34.9 Å². The first-order valence-electron chi connectivity index (χ1n) is 6.11. The Balaban J connectivity index is 1.96. The summed E-state index contributed by atoms with van der Waals surface area (Å²) in [7, 11) is 0. The van der Waals surface area contributed by atoms with Gasteiger partial charge in [-0.25, -0.2) is 0 Å². The van der Waals surface area contributed by atoms with E-state index in [0.29, 0.717) is 0 Å². The smallest absolute Gasteiger partial charge is 0.104 e. The molecule has 0 radical (unpaired) electrons. The molecule has 0 N–H and O–H groups in total. The van der Waals surface area contributed by atoms with Gasteiger partial charge in [0.25, 0.3) is 0 Å². The summed E-state index contributed by atoms with van der Waals surface area (Å²) in [5.74, 6) is 0. The summed E-state index contributed by atoms with van der Waals surface area (Å²) in [4.78, 5) is 2.38. The van der Waals surface area contributed by atoms with Crippen LogP contribution in [0.3, 0.4) is 0 Å². The summed E-state index contributed by atoms with van der Waals surface area (Å²) in [6.07, 6.45) is 3.91. The number of nitriles is 1. The molecule has 0 bridgehead atoms. The van der Waals surface area contributed by atoms with Crippen molar-refractivity contribution >= 4 is 23.4 Å². The van der Waals surface area contributed by atoms with Crippen LogP contribution in [-0.4, -0.2) is 29.0 Å². The third-order valence-electron chi connectivity index (χ3n) is 3.61. The van der Waals surface area contributed by atoms with Crippen LogP contribution in [0, 0.1) is 11.3 Å².